The zero-order chi connectivity index (χ0) is 20.1. The van der Waals surface area contributed by atoms with Crippen molar-refractivity contribution >= 4 is 40.6 Å². The predicted molar refractivity (Wildman–Crippen MR) is 112 cm³/mol. The van der Waals surface area contributed by atoms with Crippen molar-refractivity contribution in [1.82, 2.24) is 20.1 Å². The fraction of sp³-hybridized carbons (Fsp3) is 0.263. The highest BCUT2D eigenvalue weighted by molar-refractivity contribution is 8.00. The zero-order valence-corrected chi connectivity index (χ0v) is 17.4. The number of carbonyl (C=O) groups is 2. The van der Waals surface area contributed by atoms with Crippen LogP contribution in [0.1, 0.15) is 12.5 Å². The van der Waals surface area contributed by atoms with Gasteiger partial charge < -0.3 is 10.2 Å². The molecule has 9 heteroatoms. The SMILES string of the molecule is Cc1ccc(NC(=O)CN(C)C(=O)[C@@H](C)Sc2n[nH]c(-c3cccs3)n2)cc1. The summed E-state index contributed by atoms with van der Waals surface area (Å²) in [5.41, 5.74) is 1.83. The smallest absolute Gasteiger partial charge is 0.243 e. The molecule has 2 heterocycles. The van der Waals surface area contributed by atoms with Gasteiger partial charge in [-0.05, 0) is 37.4 Å². The van der Waals surface area contributed by atoms with Crippen molar-refractivity contribution in [3.05, 3.63) is 47.3 Å². The summed E-state index contributed by atoms with van der Waals surface area (Å²) in [5, 5.41) is 11.9. The van der Waals surface area contributed by atoms with Gasteiger partial charge in [0.1, 0.15) is 0 Å². The van der Waals surface area contributed by atoms with Crippen molar-refractivity contribution in [1.29, 1.82) is 0 Å². The highest BCUT2D eigenvalue weighted by atomic mass is 32.2. The number of hydrogen-bond acceptors (Lipinski definition) is 6. The molecule has 1 aromatic carbocycles. The molecule has 0 aliphatic heterocycles. The van der Waals surface area contributed by atoms with Crippen molar-refractivity contribution in [2.45, 2.75) is 24.3 Å². The van der Waals surface area contributed by atoms with Crippen LogP contribution in [0.5, 0.6) is 0 Å². The zero-order valence-electron chi connectivity index (χ0n) is 15.8. The Morgan fingerprint density at radius 2 is 2.04 bits per heavy atom. The largest absolute Gasteiger partial charge is 0.335 e. The number of H-pyrrole nitrogens is 1. The van der Waals surface area contributed by atoms with Crippen LogP contribution < -0.4 is 5.32 Å². The Balaban J connectivity index is 1.52. The van der Waals surface area contributed by atoms with Gasteiger partial charge in [-0.1, -0.05) is 35.5 Å². The van der Waals surface area contributed by atoms with Crippen LogP contribution in [0.25, 0.3) is 10.7 Å². The Morgan fingerprint density at radius 1 is 1.29 bits per heavy atom. The van der Waals surface area contributed by atoms with Crippen LogP contribution in [0.4, 0.5) is 5.69 Å². The lowest BCUT2D eigenvalue weighted by molar-refractivity contribution is -0.132. The molecular weight excluding hydrogens is 394 g/mol. The first-order valence-corrected chi connectivity index (χ1v) is 10.4. The minimum atomic E-state index is -0.413. The van der Waals surface area contributed by atoms with E-state index in [1.54, 1.807) is 25.3 Å². The molecule has 0 spiro atoms. The second-order valence-electron chi connectivity index (χ2n) is 6.31. The number of aryl methyl sites for hydroxylation is 1. The van der Waals surface area contributed by atoms with E-state index in [2.05, 4.69) is 20.5 Å². The molecule has 146 valence electrons. The second-order valence-corrected chi connectivity index (χ2v) is 8.57. The van der Waals surface area contributed by atoms with Crippen LogP contribution in [0, 0.1) is 6.92 Å². The number of aromatic amines is 1. The molecule has 0 saturated carbocycles. The Labute approximate surface area is 171 Å². The highest BCUT2D eigenvalue weighted by Crippen LogP contribution is 2.25. The van der Waals surface area contributed by atoms with Crippen molar-refractivity contribution in [3.63, 3.8) is 0 Å². The third kappa shape index (κ3) is 5.20. The summed E-state index contributed by atoms with van der Waals surface area (Å²) in [6.07, 6.45) is 0. The molecule has 0 radical (unpaired) electrons. The third-order valence-corrected chi connectivity index (χ3v) is 5.77. The fourth-order valence-corrected chi connectivity index (χ4v) is 3.98. The molecule has 2 amide bonds. The predicted octanol–water partition coefficient (Wildman–Crippen LogP) is 3.42. The van der Waals surface area contributed by atoms with Crippen molar-refractivity contribution in [2.75, 3.05) is 18.9 Å². The van der Waals surface area contributed by atoms with Gasteiger partial charge in [0, 0.05) is 12.7 Å². The van der Waals surface area contributed by atoms with Crippen LogP contribution in [0.3, 0.4) is 0 Å². The van der Waals surface area contributed by atoms with E-state index in [4.69, 9.17) is 0 Å². The molecule has 7 nitrogen and oxygen atoms in total. The van der Waals surface area contributed by atoms with Crippen molar-refractivity contribution in [3.8, 4) is 10.7 Å². The van der Waals surface area contributed by atoms with E-state index in [9.17, 15) is 9.59 Å². The average molecular weight is 416 g/mol. The molecule has 0 saturated heterocycles. The lowest BCUT2D eigenvalue weighted by Crippen LogP contribution is -2.38. The highest BCUT2D eigenvalue weighted by Gasteiger charge is 2.22. The first-order chi connectivity index (χ1) is 13.4. The summed E-state index contributed by atoms with van der Waals surface area (Å²) < 4.78 is 0. The van der Waals surface area contributed by atoms with E-state index in [0.717, 1.165) is 10.4 Å². The second kappa shape index (κ2) is 9.03. The number of carbonyl (C=O) groups excluding carboxylic acids is 2. The molecule has 2 aromatic heterocycles. The maximum Gasteiger partial charge on any atom is 0.243 e. The monoisotopic (exact) mass is 415 g/mol. The molecule has 0 bridgehead atoms. The number of thioether (sulfide) groups is 1. The van der Waals surface area contributed by atoms with Crippen molar-refractivity contribution < 1.29 is 9.59 Å². The van der Waals surface area contributed by atoms with E-state index in [0.29, 0.717) is 16.7 Å². The number of amides is 2. The molecule has 28 heavy (non-hydrogen) atoms. The third-order valence-electron chi connectivity index (χ3n) is 3.94. The summed E-state index contributed by atoms with van der Waals surface area (Å²) in [4.78, 5) is 31.6. The van der Waals surface area contributed by atoms with Gasteiger partial charge >= 0.3 is 0 Å². The molecule has 2 N–H and O–H groups in total. The first kappa shape index (κ1) is 20.1. The van der Waals surface area contributed by atoms with Gasteiger partial charge in [-0.25, -0.2) is 4.98 Å². The minimum Gasteiger partial charge on any atom is -0.335 e. The molecule has 1 atom stereocenters. The molecular formula is C19H21N5O2S2. The van der Waals surface area contributed by atoms with Gasteiger partial charge in [-0.3, -0.25) is 14.7 Å². The Morgan fingerprint density at radius 3 is 2.71 bits per heavy atom. The summed E-state index contributed by atoms with van der Waals surface area (Å²) in [6, 6.07) is 11.4. The molecule has 0 fully saturated rings. The Bertz CT molecular complexity index is 938. The molecule has 3 rings (SSSR count). The van der Waals surface area contributed by atoms with E-state index in [-0.39, 0.29) is 18.4 Å². The Kier molecular flexibility index (Phi) is 6.48. The topological polar surface area (TPSA) is 91.0 Å². The van der Waals surface area contributed by atoms with Gasteiger partial charge in [0.05, 0.1) is 16.7 Å². The van der Waals surface area contributed by atoms with E-state index >= 15 is 0 Å². The number of nitrogens with zero attached hydrogens (tertiary/aromatic N) is 3. The summed E-state index contributed by atoms with van der Waals surface area (Å²) in [5.74, 6) is 0.282. The van der Waals surface area contributed by atoms with Gasteiger partial charge in [0.15, 0.2) is 5.82 Å². The van der Waals surface area contributed by atoms with Gasteiger partial charge in [-0.15, -0.1) is 16.4 Å². The van der Waals surface area contributed by atoms with E-state index in [1.165, 1.54) is 16.7 Å². The summed E-state index contributed by atoms with van der Waals surface area (Å²) >= 11 is 2.82. The number of anilines is 1. The van der Waals surface area contributed by atoms with Crippen LogP contribution in [0.2, 0.25) is 0 Å². The average Bonchev–Trinajstić information content (AvgIpc) is 3.34. The quantitative estimate of drug-likeness (QED) is 0.577. The number of hydrogen-bond donors (Lipinski definition) is 2. The molecule has 0 aliphatic rings. The van der Waals surface area contributed by atoms with Gasteiger partial charge in [0.25, 0.3) is 0 Å². The first-order valence-electron chi connectivity index (χ1n) is 8.67. The lowest BCUT2D eigenvalue weighted by Gasteiger charge is -2.20. The summed E-state index contributed by atoms with van der Waals surface area (Å²) in [6.45, 7) is 3.74. The number of benzene rings is 1. The van der Waals surface area contributed by atoms with E-state index in [1.807, 2.05) is 48.7 Å². The van der Waals surface area contributed by atoms with E-state index < -0.39 is 5.25 Å². The van der Waals surface area contributed by atoms with Crippen LogP contribution in [-0.4, -0.2) is 50.7 Å². The lowest BCUT2D eigenvalue weighted by atomic mass is 10.2. The number of rotatable bonds is 7. The van der Waals surface area contributed by atoms with Crippen molar-refractivity contribution in [2.24, 2.45) is 0 Å². The van der Waals surface area contributed by atoms with Gasteiger partial charge in [-0.2, -0.15) is 0 Å². The molecule has 0 aliphatic carbocycles. The minimum absolute atomic E-state index is 0.0218. The number of nitrogens with one attached hydrogen (secondary N) is 2. The van der Waals surface area contributed by atoms with Crippen LogP contribution in [-0.2, 0) is 9.59 Å². The van der Waals surface area contributed by atoms with Gasteiger partial charge in [0.2, 0.25) is 17.0 Å². The Hall–Kier alpha value is -2.65. The number of likely N-dealkylation sites (N-methyl/N-ethyl adjacent to an activating group) is 1. The molecule has 0 unspecified atom stereocenters. The van der Waals surface area contributed by atoms with Crippen LogP contribution in [0.15, 0.2) is 46.9 Å². The molecule has 3 aromatic rings. The maximum absolute atomic E-state index is 12.6. The number of thiophene rings is 1. The fourth-order valence-electron chi connectivity index (χ4n) is 2.47. The maximum atomic E-state index is 12.6. The number of aromatic nitrogens is 3. The summed E-state index contributed by atoms with van der Waals surface area (Å²) in [7, 11) is 1.61. The normalized spacial score (nSPS) is 11.8. The van der Waals surface area contributed by atoms with Crippen LogP contribution >= 0.6 is 23.1 Å². The standard InChI is InChI=1S/C19H21N5O2S2/c1-12-6-8-14(9-7-12)20-16(25)11-24(3)18(26)13(2)28-19-21-17(22-23-19)15-5-4-10-27-15/h4-10,13H,11H2,1-3H3,(H,20,25)(H,21,22,23)/t13-/m1/s1.